The summed E-state index contributed by atoms with van der Waals surface area (Å²) < 4.78 is 31.2. The van der Waals surface area contributed by atoms with E-state index in [-0.39, 0.29) is 11.5 Å². The van der Waals surface area contributed by atoms with E-state index in [1.54, 1.807) is 24.3 Å². The number of sulfonamides is 1. The van der Waals surface area contributed by atoms with Crippen molar-refractivity contribution in [2.45, 2.75) is 18.2 Å². The van der Waals surface area contributed by atoms with Crippen LogP contribution in [0.2, 0.25) is 0 Å². The van der Waals surface area contributed by atoms with Gasteiger partial charge in [0.25, 0.3) is 10.0 Å². The van der Waals surface area contributed by atoms with E-state index >= 15 is 0 Å². The molecule has 0 amide bonds. The average molecular weight is 279 g/mol. The standard InChI is InChI=1S/C13H13NO4S/c1-9-2-4-10(5-3-9)19(16,17)14-7-6-11-12(14)8-18-13(11)15/h2-5H,6-8H2,1H3. The second kappa shape index (κ2) is 4.09. The van der Waals surface area contributed by atoms with E-state index in [2.05, 4.69) is 0 Å². The van der Waals surface area contributed by atoms with E-state index < -0.39 is 16.0 Å². The Bertz CT molecular complexity index is 673. The van der Waals surface area contributed by atoms with Gasteiger partial charge in [-0.1, -0.05) is 17.7 Å². The number of aryl methyl sites for hydroxylation is 1. The van der Waals surface area contributed by atoms with Crippen molar-refractivity contribution in [2.75, 3.05) is 13.2 Å². The Kier molecular flexibility index (Phi) is 2.63. The number of benzene rings is 1. The summed E-state index contributed by atoms with van der Waals surface area (Å²) in [5, 5.41) is 0. The molecule has 0 saturated carbocycles. The molecule has 1 aromatic carbocycles. The monoisotopic (exact) mass is 279 g/mol. The Morgan fingerprint density at radius 3 is 2.58 bits per heavy atom. The molecule has 0 fully saturated rings. The van der Waals surface area contributed by atoms with Crippen LogP contribution in [0.4, 0.5) is 0 Å². The first-order chi connectivity index (χ1) is 9.00. The third-order valence-electron chi connectivity index (χ3n) is 3.41. The average Bonchev–Trinajstić information content (AvgIpc) is 2.93. The van der Waals surface area contributed by atoms with Gasteiger partial charge in [-0.3, -0.25) is 4.31 Å². The molecule has 5 nitrogen and oxygen atoms in total. The van der Waals surface area contributed by atoms with Crippen LogP contribution in [0.3, 0.4) is 0 Å². The highest BCUT2D eigenvalue weighted by Crippen LogP contribution is 2.33. The molecule has 2 heterocycles. The largest absolute Gasteiger partial charge is 0.456 e. The molecule has 2 aliphatic rings. The maximum atomic E-state index is 12.5. The number of rotatable bonds is 2. The molecule has 0 aliphatic carbocycles. The van der Waals surface area contributed by atoms with E-state index in [0.29, 0.717) is 24.2 Å². The molecule has 0 bridgehead atoms. The SMILES string of the molecule is Cc1ccc(S(=O)(=O)N2CCC3=C2COC3=O)cc1. The van der Waals surface area contributed by atoms with E-state index in [1.165, 1.54) is 4.31 Å². The Morgan fingerprint density at radius 2 is 1.89 bits per heavy atom. The molecular formula is C13H13NO4S. The minimum absolute atomic E-state index is 0.0548. The lowest BCUT2D eigenvalue weighted by Gasteiger charge is -2.20. The first-order valence-electron chi connectivity index (χ1n) is 5.99. The predicted octanol–water partition coefficient (Wildman–Crippen LogP) is 1.20. The molecule has 0 unspecified atom stereocenters. The number of hydrogen-bond donors (Lipinski definition) is 0. The number of carbonyl (C=O) groups excluding carboxylic acids is 1. The van der Waals surface area contributed by atoms with Crippen molar-refractivity contribution >= 4 is 16.0 Å². The fourth-order valence-electron chi connectivity index (χ4n) is 2.35. The topological polar surface area (TPSA) is 63.7 Å². The first-order valence-corrected chi connectivity index (χ1v) is 7.43. The van der Waals surface area contributed by atoms with E-state index in [0.717, 1.165) is 5.56 Å². The van der Waals surface area contributed by atoms with Gasteiger partial charge >= 0.3 is 5.97 Å². The van der Waals surface area contributed by atoms with E-state index in [4.69, 9.17) is 4.74 Å². The normalized spacial score (nSPS) is 18.8. The molecule has 2 aliphatic heterocycles. The molecule has 6 heteroatoms. The number of carbonyl (C=O) groups is 1. The van der Waals surface area contributed by atoms with Gasteiger partial charge in [-0.15, -0.1) is 0 Å². The number of cyclic esters (lactones) is 1. The summed E-state index contributed by atoms with van der Waals surface area (Å²) in [5.41, 5.74) is 1.99. The maximum Gasteiger partial charge on any atom is 0.336 e. The van der Waals surface area contributed by atoms with Crippen LogP contribution in [0.5, 0.6) is 0 Å². The summed E-state index contributed by atoms with van der Waals surface area (Å²) in [6.07, 6.45) is 0.430. The molecule has 1 aromatic rings. The second-order valence-corrected chi connectivity index (χ2v) is 6.50. The fourth-order valence-corrected chi connectivity index (χ4v) is 3.87. The van der Waals surface area contributed by atoms with Crippen molar-refractivity contribution in [2.24, 2.45) is 0 Å². The van der Waals surface area contributed by atoms with Gasteiger partial charge in [0.1, 0.15) is 6.61 Å². The van der Waals surface area contributed by atoms with Crippen LogP contribution < -0.4 is 0 Å². The minimum atomic E-state index is -3.59. The summed E-state index contributed by atoms with van der Waals surface area (Å²) in [5.74, 6) is -0.392. The second-order valence-electron chi connectivity index (χ2n) is 4.64. The molecule has 100 valence electrons. The van der Waals surface area contributed by atoms with E-state index in [9.17, 15) is 13.2 Å². The molecule has 19 heavy (non-hydrogen) atoms. The predicted molar refractivity (Wildman–Crippen MR) is 67.7 cm³/mol. The highest BCUT2D eigenvalue weighted by molar-refractivity contribution is 7.89. The van der Waals surface area contributed by atoms with Gasteiger partial charge < -0.3 is 4.74 Å². The zero-order valence-corrected chi connectivity index (χ0v) is 11.2. The van der Waals surface area contributed by atoms with Crippen molar-refractivity contribution in [3.8, 4) is 0 Å². The lowest BCUT2D eigenvalue weighted by molar-refractivity contribution is -0.136. The van der Waals surface area contributed by atoms with Gasteiger partial charge in [-0.25, -0.2) is 13.2 Å². The van der Waals surface area contributed by atoms with Gasteiger partial charge in [-0.05, 0) is 19.1 Å². The van der Waals surface area contributed by atoms with Crippen LogP contribution >= 0.6 is 0 Å². The molecule has 0 aromatic heterocycles. The number of ether oxygens (including phenoxy) is 1. The van der Waals surface area contributed by atoms with Crippen LogP contribution in [0.25, 0.3) is 0 Å². The van der Waals surface area contributed by atoms with Crippen molar-refractivity contribution in [3.05, 3.63) is 41.1 Å². The van der Waals surface area contributed by atoms with Gasteiger partial charge in [0.2, 0.25) is 0 Å². The zero-order chi connectivity index (χ0) is 13.6. The summed E-state index contributed by atoms with van der Waals surface area (Å²) in [6.45, 7) is 2.27. The maximum absolute atomic E-state index is 12.5. The molecule has 0 atom stereocenters. The molecule has 0 radical (unpaired) electrons. The number of nitrogens with zero attached hydrogens (tertiary/aromatic N) is 1. The lowest BCUT2D eigenvalue weighted by atomic mass is 10.2. The van der Waals surface area contributed by atoms with E-state index in [1.807, 2.05) is 6.92 Å². The van der Waals surface area contributed by atoms with Gasteiger partial charge in [0.15, 0.2) is 0 Å². The quantitative estimate of drug-likeness (QED) is 0.763. The molecule has 0 N–H and O–H groups in total. The lowest BCUT2D eigenvalue weighted by Crippen LogP contribution is -2.29. The van der Waals surface area contributed by atoms with Gasteiger partial charge in [0, 0.05) is 13.0 Å². The summed E-state index contributed by atoms with van der Waals surface area (Å²) in [7, 11) is -3.59. The minimum Gasteiger partial charge on any atom is -0.456 e. The summed E-state index contributed by atoms with van der Waals surface area (Å²) in [4.78, 5) is 11.6. The fraction of sp³-hybridized carbons (Fsp3) is 0.308. The molecular weight excluding hydrogens is 266 g/mol. The first kappa shape index (κ1) is 12.2. The van der Waals surface area contributed by atoms with Crippen LogP contribution in [0, 0.1) is 6.92 Å². The third kappa shape index (κ3) is 1.83. The highest BCUT2D eigenvalue weighted by atomic mass is 32.2. The number of esters is 1. The van der Waals surface area contributed by atoms with Gasteiger partial charge in [-0.2, -0.15) is 0 Å². The number of hydrogen-bond acceptors (Lipinski definition) is 4. The van der Waals surface area contributed by atoms with Gasteiger partial charge in [0.05, 0.1) is 16.2 Å². The smallest absolute Gasteiger partial charge is 0.336 e. The summed E-state index contributed by atoms with van der Waals surface area (Å²) >= 11 is 0. The van der Waals surface area contributed by atoms with Crippen LogP contribution in [-0.2, 0) is 19.6 Å². The third-order valence-corrected chi connectivity index (χ3v) is 5.26. The van der Waals surface area contributed by atoms with Crippen molar-refractivity contribution < 1.29 is 17.9 Å². The highest BCUT2D eigenvalue weighted by Gasteiger charge is 2.39. The van der Waals surface area contributed by atoms with Crippen molar-refractivity contribution in [1.82, 2.24) is 4.31 Å². The van der Waals surface area contributed by atoms with Crippen LogP contribution in [0.15, 0.2) is 40.4 Å². The zero-order valence-electron chi connectivity index (χ0n) is 10.4. The molecule has 0 spiro atoms. The molecule has 3 rings (SSSR count). The van der Waals surface area contributed by atoms with Crippen LogP contribution in [-0.4, -0.2) is 31.8 Å². The molecule has 0 saturated heterocycles. The van der Waals surface area contributed by atoms with Crippen molar-refractivity contribution in [3.63, 3.8) is 0 Å². The Labute approximate surface area is 111 Å². The van der Waals surface area contributed by atoms with Crippen LogP contribution in [0.1, 0.15) is 12.0 Å². The Balaban J connectivity index is 2.00. The van der Waals surface area contributed by atoms with Crippen molar-refractivity contribution in [1.29, 1.82) is 0 Å². The summed E-state index contributed by atoms with van der Waals surface area (Å²) in [6, 6.07) is 6.69. The Morgan fingerprint density at radius 1 is 1.21 bits per heavy atom. The Hall–Kier alpha value is -1.82.